The Labute approximate surface area is 296 Å². The van der Waals surface area contributed by atoms with Crippen LogP contribution in [0.2, 0.25) is 3.34 Å². The van der Waals surface area contributed by atoms with E-state index in [1.807, 2.05) is 0 Å². The molecular formula is C36H45Cl3O3SiTi. The molecule has 3 aromatic rings. The van der Waals surface area contributed by atoms with Crippen LogP contribution in [0.3, 0.4) is 0 Å². The van der Waals surface area contributed by atoms with Crippen LogP contribution >= 0.6 is 0 Å². The second-order valence-corrected chi connectivity index (χ2v) is 17.5. The first kappa shape index (κ1) is 40.4. The van der Waals surface area contributed by atoms with Gasteiger partial charge in [0.2, 0.25) is 0 Å². The van der Waals surface area contributed by atoms with E-state index in [2.05, 4.69) is 126 Å². The summed E-state index contributed by atoms with van der Waals surface area (Å²) >= 11 is 2.53. The number of aryl methyl sites for hydroxylation is 3. The van der Waals surface area contributed by atoms with Gasteiger partial charge in [-0.25, -0.2) is 0 Å². The summed E-state index contributed by atoms with van der Waals surface area (Å²) in [6.45, 7) is 23.0. The number of rotatable bonds is 7. The molecule has 0 atom stereocenters. The van der Waals surface area contributed by atoms with Gasteiger partial charge in [0.25, 0.3) is 0 Å². The van der Waals surface area contributed by atoms with Crippen molar-refractivity contribution in [1.82, 2.24) is 0 Å². The molecule has 0 spiro atoms. The van der Waals surface area contributed by atoms with Gasteiger partial charge in [-0.05, 0) is 0 Å². The minimum Gasteiger partial charge on any atom is -1.00 e. The zero-order chi connectivity index (χ0) is 30.6. The van der Waals surface area contributed by atoms with E-state index in [4.69, 9.17) is 14.2 Å². The molecule has 44 heavy (non-hydrogen) atoms. The van der Waals surface area contributed by atoms with Gasteiger partial charge in [0.05, 0.1) is 0 Å². The smallest absolute Gasteiger partial charge is 1.00 e. The van der Waals surface area contributed by atoms with Crippen molar-refractivity contribution in [2.75, 3.05) is 21.3 Å². The number of benzene rings is 3. The maximum atomic E-state index is 6.06. The number of hydrogen-bond donors (Lipinski definition) is 0. The van der Waals surface area contributed by atoms with Crippen LogP contribution in [0.15, 0.2) is 58.7 Å². The van der Waals surface area contributed by atoms with Crippen LogP contribution in [0.4, 0.5) is 0 Å². The molecule has 0 bridgehead atoms. The van der Waals surface area contributed by atoms with Gasteiger partial charge in [-0.1, -0.05) is 0 Å². The third-order valence-corrected chi connectivity index (χ3v) is 19.4. The molecule has 1 aliphatic carbocycles. The van der Waals surface area contributed by atoms with Crippen LogP contribution in [0.1, 0.15) is 61.1 Å². The summed E-state index contributed by atoms with van der Waals surface area (Å²) in [4.78, 5) is 0. The van der Waals surface area contributed by atoms with E-state index >= 15 is 0 Å². The SMILES string of the molecule is COc1ccc(C)c([Si](c2c(C)ccc(OC)c2C)(c2c(C)ccc(OC)c2C)[C]2([Ti+3])C(C)=C(C)C(C)=C2C)c1C.[Cl-].[Cl-].[Cl-]. The van der Waals surface area contributed by atoms with Crippen molar-refractivity contribution in [2.45, 2.75) is 72.6 Å². The second kappa shape index (κ2) is 14.8. The summed E-state index contributed by atoms with van der Waals surface area (Å²) in [7, 11) is 2.27. The third-order valence-electron chi connectivity index (χ3n) is 10.0. The zero-order valence-corrected chi connectivity index (χ0v) is 33.2. The van der Waals surface area contributed by atoms with Gasteiger partial charge in [-0.2, -0.15) is 0 Å². The Bertz CT molecular complexity index is 1460. The number of allylic oxidation sites excluding steroid dienone is 4. The van der Waals surface area contributed by atoms with Gasteiger partial charge in [0.1, 0.15) is 0 Å². The fourth-order valence-electron chi connectivity index (χ4n) is 7.78. The monoisotopic (exact) mass is 706 g/mol. The first-order valence-electron chi connectivity index (χ1n) is 14.3. The molecule has 0 saturated heterocycles. The maximum Gasteiger partial charge on any atom is -1.00 e. The summed E-state index contributed by atoms with van der Waals surface area (Å²) < 4.78 is 17.9. The van der Waals surface area contributed by atoms with Crippen molar-refractivity contribution in [3.05, 3.63) is 92.1 Å². The predicted octanol–water partition coefficient (Wildman–Crippen LogP) is -2.02. The van der Waals surface area contributed by atoms with E-state index in [1.54, 1.807) is 21.3 Å². The average Bonchev–Trinajstić information content (AvgIpc) is 3.08. The molecule has 0 unspecified atom stereocenters. The molecule has 0 amide bonds. The molecule has 0 radical (unpaired) electrons. The molecule has 3 nitrogen and oxygen atoms in total. The molecule has 0 saturated carbocycles. The Morgan fingerprint density at radius 2 is 0.727 bits per heavy atom. The fourth-order valence-corrected chi connectivity index (χ4v) is 17.6. The van der Waals surface area contributed by atoms with Crippen molar-refractivity contribution in [3.8, 4) is 17.2 Å². The molecule has 0 aliphatic heterocycles. The quantitative estimate of drug-likeness (QED) is 0.210. The van der Waals surface area contributed by atoms with Crippen LogP contribution in [-0.2, 0) is 20.4 Å². The van der Waals surface area contributed by atoms with Crippen LogP contribution in [0, 0.1) is 41.5 Å². The Morgan fingerprint density at radius 1 is 0.477 bits per heavy atom. The Balaban J connectivity index is 0.00000323. The summed E-state index contributed by atoms with van der Waals surface area (Å²) in [5, 5.41) is 4.25. The molecule has 0 aromatic heterocycles. The van der Waals surface area contributed by atoms with Crippen molar-refractivity contribution < 1.29 is 71.9 Å². The van der Waals surface area contributed by atoms with E-state index in [0.717, 1.165) is 17.2 Å². The summed E-state index contributed by atoms with van der Waals surface area (Å²) in [5.41, 5.74) is 13.2. The standard InChI is InChI=1S/C36H45O3Si.3ClH.Ti/c1-20-14-17-30(37-11)27(8)33(20)40(36-25(6)23(4)24(5)26(36)7,34-21(2)15-18-31(38-12)28(34)9)35-22(3)16-19-32(39-13)29(35)10;;;;/h14-19H,1-13H3;3*1H;/q;;;;+3/p-3. The number of ether oxygens (including phenoxy) is 3. The minimum atomic E-state index is -3.09. The Morgan fingerprint density at radius 3 is 0.955 bits per heavy atom. The van der Waals surface area contributed by atoms with E-state index in [9.17, 15) is 0 Å². The largest absolute Gasteiger partial charge is 1.00 e. The number of hydrogen-bond acceptors (Lipinski definition) is 3. The third kappa shape index (κ3) is 5.52. The number of methoxy groups -OCH3 is 3. The van der Waals surface area contributed by atoms with Crippen LogP contribution in [0.25, 0.3) is 0 Å². The first-order valence-corrected chi connectivity index (χ1v) is 17.1. The van der Waals surface area contributed by atoms with Crippen LogP contribution in [-0.4, -0.2) is 29.4 Å². The van der Waals surface area contributed by atoms with Gasteiger partial charge in [0.15, 0.2) is 0 Å². The molecule has 0 heterocycles. The molecule has 0 fully saturated rings. The Kier molecular flexibility index (Phi) is 13.6. The second-order valence-electron chi connectivity index (χ2n) is 11.8. The molecule has 3 aromatic carbocycles. The van der Waals surface area contributed by atoms with Gasteiger partial charge >= 0.3 is 262 Å². The van der Waals surface area contributed by atoms with E-state index in [1.165, 1.54) is 71.2 Å². The van der Waals surface area contributed by atoms with Gasteiger partial charge in [-0.3, -0.25) is 0 Å². The molecule has 4 rings (SSSR count). The van der Waals surface area contributed by atoms with Crippen molar-refractivity contribution in [3.63, 3.8) is 0 Å². The van der Waals surface area contributed by atoms with Crippen molar-refractivity contribution in [1.29, 1.82) is 0 Å². The summed E-state index contributed by atoms with van der Waals surface area (Å²) in [5.74, 6) is 2.78. The van der Waals surface area contributed by atoms with Crippen LogP contribution in [0.5, 0.6) is 17.2 Å². The van der Waals surface area contributed by atoms with Crippen molar-refractivity contribution >= 4 is 23.6 Å². The molecule has 1 aliphatic rings. The summed E-state index contributed by atoms with van der Waals surface area (Å²) in [6, 6.07) is 13.2. The predicted molar refractivity (Wildman–Crippen MR) is 172 cm³/mol. The Hall–Kier alpha value is -1.66. The van der Waals surface area contributed by atoms with Gasteiger partial charge in [-0.15, -0.1) is 0 Å². The number of halogens is 3. The molecule has 0 N–H and O–H groups in total. The zero-order valence-electron chi connectivity index (χ0n) is 28.3. The van der Waals surface area contributed by atoms with Crippen LogP contribution < -0.4 is 67.0 Å². The topological polar surface area (TPSA) is 27.7 Å². The van der Waals surface area contributed by atoms with Crippen molar-refractivity contribution in [2.24, 2.45) is 0 Å². The maximum absolute atomic E-state index is 6.06. The van der Waals surface area contributed by atoms with Gasteiger partial charge < -0.3 is 37.2 Å². The fraction of sp³-hybridized carbons (Fsp3) is 0.389. The average molecular weight is 708 g/mol. The molecule has 236 valence electrons. The molecular weight excluding hydrogens is 663 g/mol. The van der Waals surface area contributed by atoms with E-state index < -0.39 is 8.07 Å². The van der Waals surface area contributed by atoms with Gasteiger partial charge in [0, 0.05) is 0 Å². The van der Waals surface area contributed by atoms with E-state index in [-0.39, 0.29) is 40.6 Å². The normalized spacial score (nSPS) is 14.1. The first-order chi connectivity index (χ1) is 19.3. The molecule has 8 heteroatoms. The summed E-state index contributed by atoms with van der Waals surface area (Å²) in [6.07, 6.45) is 0. The minimum absolute atomic E-state index is 0. The van der Waals surface area contributed by atoms with E-state index in [0.29, 0.717) is 0 Å².